The van der Waals surface area contributed by atoms with Gasteiger partial charge in [-0.2, -0.15) is 13.2 Å². The lowest BCUT2D eigenvalue weighted by Crippen LogP contribution is -2.11. The number of alkyl halides is 4. The lowest BCUT2D eigenvalue weighted by molar-refractivity contribution is -0.141. The summed E-state index contributed by atoms with van der Waals surface area (Å²) >= 11 is 3.22. The molecule has 0 bridgehead atoms. The Labute approximate surface area is 87.7 Å². The second-order valence-corrected chi connectivity index (χ2v) is 4.40. The Balaban J connectivity index is 2.90. The van der Waals surface area contributed by atoms with Crippen LogP contribution in [-0.4, -0.2) is 14.8 Å². The summed E-state index contributed by atoms with van der Waals surface area (Å²) in [6, 6.07) is 0.863. The molecule has 0 saturated heterocycles. The van der Waals surface area contributed by atoms with E-state index in [0.29, 0.717) is 6.42 Å². The molecule has 1 aromatic rings. The molecule has 78 valence electrons. The summed E-state index contributed by atoms with van der Waals surface area (Å²) < 4.78 is 36.6. The van der Waals surface area contributed by atoms with E-state index in [0.717, 1.165) is 12.3 Å². The molecule has 0 amide bonds. The van der Waals surface area contributed by atoms with E-state index in [1.165, 1.54) is 0 Å². The molecule has 0 aromatic carbocycles. The first-order valence-corrected chi connectivity index (χ1v) is 4.84. The molecule has 0 fully saturated rings. The molecule has 1 rings (SSSR count). The van der Waals surface area contributed by atoms with Crippen LogP contribution in [0.15, 0.2) is 12.3 Å². The largest absolute Gasteiger partial charge is 0.433 e. The summed E-state index contributed by atoms with van der Waals surface area (Å²) in [7, 11) is 0. The highest BCUT2D eigenvalue weighted by Crippen LogP contribution is 2.27. The molecule has 1 atom stereocenters. The van der Waals surface area contributed by atoms with Crippen molar-refractivity contribution in [3.63, 3.8) is 0 Å². The Morgan fingerprint density at radius 1 is 1.50 bits per heavy atom. The van der Waals surface area contributed by atoms with E-state index in [1.54, 1.807) is 0 Å². The highest BCUT2D eigenvalue weighted by molar-refractivity contribution is 9.09. The zero-order chi connectivity index (χ0) is 10.8. The number of hydrogen-bond acceptors (Lipinski definition) is 2. The van der Waals surface area contributed by atoms with Gasteiger partial charge in [0, 0.05) is 17.4 Å². The summed E-state index contributed by atoms with van der Waals surface area (Å²) in [5, 5.41) is 0. The van der Waals surface area contributed by atoms with Gasteiger partial charge in [0.05, 0.1) is 0 Å². The minimum absolute atomic E-state index is 0.0611. The van der Waals surface area contributed by atoms with Crippen molar-refractivity contribution >= 4 is 15.9 Å². The third-order valence-corrected chi connectivity index (χ3v) is 1.78. The molecule has 0 radical (unpaired) electrons. The van der Waals surface area contributed by atoms with Crippen LogP contribution in [0.25, 0.3) is 0 Å². The minimum atomic E-state index is -4.40. The van der Waals surface area contributed by atoms with E-state index >= 15 is 0 Å². The summed E-state index contributed by atoms with van der Waals surface area (Å²) in [5.74, 6) is 0.198. The predicted molar refractivity (Wildman–Crippen MR) is 49.1 cm³/mol. The van der Waals surface area contributed by atoms with Gasteiger partial charge in [0.15, 0.2) is 0 Å². The Bertz CT molecular complexity index is 312. The van der Waals surface area contributed by atoms with E-state index < -0.39 is 11.9 Å². The molecule has 0 aliphatic carbocycles. The lowest BCUT2D eigenvalue weighted by Gasteiger charge is -2.07. The second kappa shape index (κ2) is 4.25. The van der Waals surface area contributed by atoms with Crippen LogP contribution in [0, 0.1) is 0 Å². The lowest BCUT2D eigenvalue weighted by atomic mass is 10.3. The van der Waals surface area contributed by atoms with Crippen LogP contribution in [-0.2, 0) is 12.6 Å². The number of nitrogens with zero attached hydrogens (tertiary/aromatic N) is 2. The predicted octanol–water partition coefficient (Wildman–Crippen LogP) is 2.82. The number of halogens is 4. The van der Waals surface area contributed by atoms with Crippen molar-refractivity contribution in [1.82, 2.24) is 9.97 Å². The molecule has 0 spiro atoms. The van der Waals surface area contributed by atoms with Gasteiger partial charge < -0.3 is 0 Å². The van der Waals surface area contributed by atoms with Gasteiger partial charge in [-0.15, -0.1) is 0 Å². The fourth-order valence-corrected chi connectivity index (χ4v) is 1.20. The molecule has 0 aliphatic rings. The van der Waals surface area contributed by atoms with Crippen molar-refractivity contribution in [2.24, 2.45) is 0 Å². The van der Waals surface area contributed by atoms with Crippen LogP contribution in [0.3, 0.4) is 0 Å². The maximum absolute atomic E-state index is 12.2. The first kappa shape index (κ1) is 11.4. The van der Waals surface area contributed by atoms with Crippen molar-refractivity contribution in [3.05, 3.63) is 23.8 Å². The molecule has 1 unspecified atom stereocenters. The molecule has 14 heavy (non-hydrogen) atoms. The van der Waals surface area contributed by atoms with Gasteiger partial charge in [-0.25, -0.2) is 9.97 Å². The maximum atomic E-state index is 12.2. The average molecular weight is 269 g/mol. The average Bonchev–Trinajstić information content (AvgIpc) is 2.01. The van der Waals surface area contributed by atoms with E-state index in [1.807, 2.05) is 6.92 Å². The molecule has 0 saturated carbocycles. The maximum Gasteiger partial charge on any atom is 0.433 e. The first-order chi connectivity index (χ1) is 6.39. The van der Waals surface area contributed by atoms with Crippen LogP contribution in [0.5, 0.6) is 0 Å². The standard InChI is InChI=1S/C8H8BrF3N2/c1-5(9)4-7-13-3-2-6(14-7)8(10,11)12/h2-3,5H,4H2,1H3. The van der Waals surface area contributed by atoms with E-state index in [-0.39, 0.29) is 10.7 Å². The van der Waals surface area contributed by atoms with Gasteiger partial charge in [-0.3, -0.25) is 0 Å². The third-order valence-electron chi connectivity index (χ3n) is 1.46. The highest BCUT2D eigenvalue weighted by atomic mass is 79.9. The van der Waals surface area contributed by atoms with Crippen molar-refractivity contribution in [2.45, 2.75) is 24.3 Å². The van der Waals surface area contributed by atoms with Crippen LogP contribution in [0.4, 0.5) is 13.2 Å². The number of hydrogen-bond donors (Lipinski definition) is 0. The van der Waals surface area contributed by atoms with Crippen molar-refractivity contribution < 1.29 is 13.2 Å². The van der Waals surface area contributed by atoms with Crippen molar-refractivity contribution in [2.75, 3.05) is 0 Å². The Morgan fingerprint density at radius 3 is 2.64 bits per heavy atom. The Hall–Kier alpha value is -0.650. The SMILES string of the molecule is CC(Br)Cc1nccc(C(F)(F)F)n1. The molecule has 6 heteroatoms. The van der Waals surface area contributed by atoms with Crippen LogP contribution < -0.4 is 0 Å². The van der Waals surface area contributed by atoms with E-state index in [2.05, 4.69) is 25.9 Å². The fourth-order valence-electron chi connectivity index (χ4n) is 0.907. The fraction of sp³-hybridized carbons (Fsp3) is 0.500. The number of aromatic nitrogens is 2. The topological polar surface area (TPSA) is 25.8 Å². The van der Waals surface area contributed by atoms with Crippen molar-refractivity contribution in [3.8, 4) is 0 Å². The summed E-state index contributed by atoms with van der Waals surface area (Å²) in [5.41, 5.74) is -0.893. The molecule has 0 N–H and O–H groups in total. The summed E-state index contributed by atoms with van der Waals surface area (Å²) in [6.45, 7) is 1.82. The smallest absolute Gasteiger partial charge is 0.241 e. The molecule has 1 aromatic heterocycles. The molecule has 1 heterocycles. The van der Waals surface area contributed by atoms with Gasteiger partial charge in [0.25, 0.3) is 0 Å². The summed E-state index contributed by atoms with van der Waals surface area (Å²) in [6.07, 6.45) is -2.89. The molecule has 2 nitrogen and oxygen atoms in total. The zero-order valence-corrected chi connectivity index (χ0v) is 8.93. The Morgan fingerprint density at radius 2 is 2.14 bits per heavy atom. The first-order valence-electron chi connectivity index (χ1n) is 3.93. The molecular formula is C8H8BrF3N2. The second-order valence-electron chi connectivity index (χ2n) is 2.84. The normalized spacial score (nSPS) is 14.1. The minimum Gasteiger partial charge on any atom is -0.241 e. The van der Waals surface area contributed by atoms with Gasteiger partial charge >= 0.3 is 6.18 Å². The monoisotopic (exact) mass is 268 g/mol. The highest BCUT2D eigenvalue weighted by Gasteiger charge is 2.32. The van der Waals surface area contributed by atoms with Crippen LogP contribution >= 0.6 is 15.9 Å². The molecular weight excluding hydrogens is 261 g/mol. The van der Waals surface area contributed by atoms with Gasteiger partial charge in [-0.05, 0) is 6.07 Å². The Kier molecular flexibility index (Phi) is 3.47. The van der Waals surface area contributed by atoms with Gasteiger partial charge in [0.1, 0.15) is 11.5 Å². The zero-order valence-electron chi connectivity index (χ0n) is 7.35. The molecule has 0 aliphatic heterocycles. The van der Waals surface area contributed by atoms with E-state index in [9.17, 15) is 13.2 Å². The summed E-state index contributed by atoms with van der Waals surface area (Å²) in [4.78, 5) is 7.23. The van der Waals surface area contributed by atoms with Crippen LogP contribution in [0.1, 0.15) is 18.4 Å². The van der Waals surface area contributed by atoms with Gasteiger partial charge in [0.2, 0.25) is 0 Å². The third kappa shape index (κ3) is 3.25. The van der Waals surface area contributed by atoms with Crippen molar-refractivity contribution in [1.29, 1.82) is 0 Å². The van der Waals surface area contributed by atoms with E-state index in [4.69, 9.17) is 0 Å². The number of rotatable bonds is 2. The quantitative estimate of drug-likeness (QED) is 0.771. The van der Waals surface area contributed by atoms with Gasteiger partial charge in [-0.1, -0.05) is 22.9 Å². The van der Waals surface area contributed by atoms with Crippen LogP contribution in [0.2, 0.25) is 0 Å².